The Bertz CT molecular complexity index is 717. The molecule has 4 rings (SSSR count). The fourth-order valence-corrected chi connectivity index (χ4v) is 4.33. The maximum Gasteiger partial charge on any atom is 0.0717 e. The van der Waals surface area contributed by atoms with Gasteiger partial charge in [0.05, 0.1) is 12.7 Å². The van der Waals surface area contributed by atoms with Gasteiger partial charge in [-0.25, -0.2) is 0 Å². The van der Waals surface area contributed by atoms with E-state index in [0.29, 0.717) is 6.10 Å². The van der Waals surface area contributed by atoms with Crippen LogP contribution in [0.15, 0.2) is 54.1 Å². The first-order valence-corrected chi connectivity index (χ1v) is 11.0. The van der Waals surface area contributed by atoms with Gasteiger partial charge in [0.25, 0.3) is 0 Å². The molecule has 1 aliphatic heterocycles. The van der Waals surface area contributed by atoms with Gasteiger partial charge in [0, 0.05) is 32.7 Å². The van der Waals surface area contributed by atoms with Crippen molar-refractivity contribution >= 4 is 5.57 Å². The highest BCUT2D eigenvalue weighted by Gasteiger charge is 2.16. The van der Waals surface area contributed by atoms with E-state index in [-0.39, 0.29) is 0 Å². The smallest absolute Gasteiger partial charge is 0.0717 e. The van der Waals surface area contributed by atoms with Crippen LogP contribution in [0.25, 0.3) is 5.57 Å². The Labute approximate surface area is 170 Å². The van der Waals surface area contributed by atoms with Crippen molar-refractivity contribution in [2.45, 2.75) is 44.8 Å². The third-order valence-corrected chi connectivity index (χ3v) is 6.27. The third-order valence-electron chi connectivity index (χ3n) is 6.27. The summed E-state index contributed by atoms with van der Waals surface area (Å²) in [6.07, 6.45) is 15.7. The van der Waals surface area contributed by atoms with Crippen molar-refractivity contribution in [3.8, 4) is 0 Å². The minimum absolute atomic E-state index is 0.484. The lowest BCUT2D eigenvalue weighted by Crippen LogP contribution is -2.43. The quantitative estimate of drug-likeness (QED) is 0.716. The lowest BCUT2D eigenvalue weighted by atomic mass is 10.0. The maximum absolute atomic E-state index is 6.08. The van der Waals surface area contributed by atoms with E-state index >= 15 is 0 Å². The van der Waals surface area contributed by atoms with E-state index in [9.17, 15) is 0 Å². The molecule has 0 amide bonds. The van der Waals surface area contributed by atoms with Crippen molar-refractivity contribution in [2.75, 3.05) is 39.8 Å². The molecule has 3 nitrogen and oxygen atoms in total. The molecule has 1 saturated carbocycles. The van der Waals surface area contributed by atoms with E-state index in [1.165, 1.54) is 74.1 Å². The summed E-state index contributed by atoms with van der Waals surface area (Å²) in [7, 11) is 2.21. The molecule has 1 aromatic carbocycles. The number of nitrogens with zero attached hydrogens (tertiary/aromatic N) is 2. The second-order valence-corrected chi connectivity index (χ2v) is 8.50. The van der Waals surface area contributed by atoms with Crippen molar-refractivity contribution in [2.24, 2.45) is 0 Å². The molecule has 0 atom stereocenters. The molecule has 0 aromatic heterocycles. The Morgan fingerprint density at radius 3 is 2.43 bits per heavy atom. The molecule has 150 valence electrons. The zero-order chi connectivity index (χ0) is 19.2. The SMILES string of the molecule is CN1CCN(Cc2ccc(C3=CCC=C(COC4CCCC4)C=C3)cc2)CC1. The molecular formula is C25H34N2O. The van der Waals surface area contributed by atoms with E-state index in [1.807, 2.05) is 0 Å². The van der Waals surface area contributed by atoms with Crippen molar-refractivity contribution in [3.05, 3.63) is 65.3 Å². The number of likely N-dealkylation sites (N-methyl/N-ethyl adjacent to an activating group) is 1. The molecule has 2 fully saturated rings. The Morgan fingerprint density at radius 1 is 0.929 bits per heavy atom. The van der Waals surface area contributed by atoms with Crippen LogP contribution < -0.4 is 0 Å². The van der Waals surface area contributed by atoms with E-state index in [4.69, 9.17) is 4.74 Å². The molecule has 3 heteroatoms. The number of rotatable bonds is 6. The predicted octanol–water partition coefficient (Wildman–Crippen LogP) is 4.66. The van der Waals surface area contributed by atoms with Crippen LogP contribution in [0.1, 0.15) is 43.2 Å². The highest BCUT2D eigenvalue weighted by Crippen LogP contribution is 2.24. The van der Waals surface area contributed by atoms with Crippen LogP contribution >= 0.6 is 0 Å². The van der Waals surface area contributed by atoms with Gasteiger partial charge in [-0.05, 0) is 48.6 Å². The van der Waals surface area contributed by atoms with Crippen LogP contribution in [-0.4, -0.2) is 55.7 Å². The molecule has 0 radical (unpaired) electrons. The van der Waals surface area contributed by atoms with Gasteiger partial charge in [-0.15, -0.1) is 0 Å². The second kappa shape index (κ2) is 9.69. The zero-order valence-electron chi connectivity index (χ0n) is 17.3. The third kappa shape index (κ3) is 5.44. The Morgan fingerprint density at radius 2 is 1.68 bits per heavy atom. The summed E-state index contributed by atoms with van der Waals surface area (Å²) >= 11 is 0. The second-order valence-electron chi connectivity index (χ2n) is 8.50. The lowest BCUT2D eigenvalue weighted by molar-refractivity contribution is 0.0766. The minimum Gasteiger partial charge on any atom is -0.374 e. The Balaban J connectivity index is 1.30. The van der Waals surface area contributed by atoms with E-state index in [1.54, 1.807) is 0 Å². The molecular weight excluding hydrogens is 344 g/mol. The minimum atomic E-state index is 0.484. The highest BCUT2D eigenvalue weighted by molar-refractivity contribution is 5.75. The number of allylic oxidation sites excluding steroid dienone is 4. The Kier molecular flexibility index (Phi) is 6.79. The van der Waals surface area contributed by atoms with Gasteiger partial charge in [-0.2, -0.15) is 0 Å². The summed E-state index contributed by atoms with van der Waals surface area (Å²) in [5.41, 5.74) is 5.35. The fraction of sp³-hybridized carbons (Fsp3) is 0.520. The first-order chi connectivity index (χ1) is 13.8. The monoisotopic (exact) mass is 378 g/mol. The van der Waals surface area contributed by atoms with Crippen molar-refractivity contribution in [3.63, 3.8) is 0 Å². The molecule has 2 aliphatic carbocycles. The van der Waals surface area contributed by atoms with Gasteiger partial charge in [0.15, 0.2) is 0 Å². The van der Waals surface area contributed by atoms with E-state index in [0.717, 1.165) is 19.6 Å². The summed E-state index contributed by atoms with van der Waals surface area (Å²) < 4.78 is 6.08. The van der Waals surface area contributed by atoms with Gasteiger partial charge < -0.3 is 9.64 Å². The molecule has 28 heavy (non-hydrogen) atoms. The van der Waals surface area contributed by atoms with Crippen LogP contribution in [-0.2, 0) is 11.3 Å². The molecule has 0 spiro atoms. The molecule has 3 aliphatic rings. The summed E-state index contributed by atoms with van der Waals surface area (Å²) in [6, 6.07) is 9.15. The van der Waals surface area contributed by atoms with Crippen LogP contribution in [0, 0.1) is 0 Å². The van der Waals surface area contributed by atoms with Gasteiger partial charge in [0.2, 0.25) is 0 Å². The van der Waals surface area contributed by atoms with Crippen LogP contribution in [0.5, 0.6) is 0 Å². The van der Waals surface area contributed by atoms with Crippen molar-refractivity contribution < 1.29 is 4.74 Å². The summed E-state index contributed by atoms with van der Waals surface area (Å²) in [5, 5.41) is 0. The largest absolute Gasteiger partial charge is 0.374 e. The summed E-state index contributed by atoms with van der Waals surface area (Å²) in [5.74, 6) is 0. The first kappa shape index (κ1) is 19.6. The molecule has 1 aromatic rings. The van der Waals surface area contributed by atoms with Crippen molar-refractivity contribution in [1.29, 1.82) is 0 Å². The molecule has 0 bridgehead atoms. The van der Waals surface area contributed by atoms with E-state index in [2.05, 4.69) is 65.4 Å². The normalized spacial score (nSPS) is 22.2. The molecule has 1 heterocycles. The average Bonchev–Trinajstić information content (AvgIpc) is 3.13. The van der Waals surface area contributed by atoms with Gasteiger partial charge in [-0.3, -0.25) is 4.90 Å². The van der Waals surface area contributed by atoms with E-state index < -0.39 is 0 Å². The molecule has 1 saturated heterocycles. The summed E-state index contributed by atoms with van der Waals surface area (Å²) in [6.45, 7) is 6.51. The number of hydrogen-bond acceptors (Lipinski definition) is 3. The van der Waals surface area contributed by atoms with Crippen LogP contribution in [0.2, 0.25) is 0 Å². The zero-order valence-corrected chi connectivity index (χ0v) is 17.3. The first-order valence-electron chi connectivity index (χ1n) is 11.0. The average molecular weight is 379 g/mol. The number of benzene rings is 1. The highest BCUT2D eigenvalue weighted by atomic mass is 16.5. The van der Waals surface area contributed by atoms with Crippen LogP contribution in [0.4, 0.5) is 0 Å². The molecule has 0 N–H and O–H groups in total. The summed E-state index contributed by atoms with van der Waals surface area (Å²) in [4.78, 5) is 4.96. The number of piperazine rings is 1. The number of ether oxygens (including phenoxy) is 1. The standard InChI is InChI=1S/C25H34N2O/c1-26-15-17-27(18-16-26)19-21-9-12-24(13-10-21)23-6-4-5-22(11-14-23)20-28-25-7-2-3-8-25/h5-6,9-14,25H,2-4,7-8,15-20H2,1H3. The molecule has 0 unspecified atom stereocenters. The maximum atomic E-state index is 6.08. The van der Waals surface area contributed by atoms with Gasteiger partial charge in [-0.1, -0.05) is 61.4 Å². The fourth-order valence-electron chi connectivity index (χ4n) is 4.33. The Hall–Kier alpha value is -1.68. The topological polar surface area (TPSA) is 15.7 Å². The van der Waals surface area contributed by atoms with Gasteiger partial charge >= 0.3 is 0 Å². The van der Waals surface area contributed by atoms with Gasteiger partial charge in [0.1, 0.15) is 0 Å². The number of hydrogen-bond donors (Lipinski definition) is 0. The van der Waals surface area contributed by atoms with Crippen LogP contribution in [0.3, 0.4) is 0 Å². The lowest BCUT2D eigenvalue weighted by Gasteiger charge is -2.32. The van der Waals surface area contributed by atoms with Crippen molar-refractivity contribution in [1.82, 2.24) is 9.80 Å². The predicted molar refractivity (Wildman–Crippen MR) is 117 cm³/mol.